The van der Waals surface area contributed by atoms with Crippen molar-refractivity contribution in [2.75, 3.05) is 45.8 Å². The smallest absolute Gasteiger partial charge is 0.224 e. The van der Waals surface area contributed by atoms with Gasteiger partial charge in [0.15, 0.2) is 5.96 Å². The lowest BCUT2D eigenvalue weighted by atomic mass is 10.1. The average molecular weight is 465 g/mol. The molecule has 0 aliphatic carbocycles. The zero-order valence-electron chi connectivity index (χ0n) is 15.9. The van der Waals surface area contributed by atoms with Crippen LogP contribution in [-0.2, 0) is 4.79 Å². The zero-order chi connectivity index (χ0) is 17.2. The van der Waals surface area contributed by atoms with Crippen molar-refractivity contribution in [1.82, 2.24) is 20.4 Å². The average Bonchev–Trinajstić information content (AvgIpc) is 3.11. The van der Waals surface area contributed by atoms with E-state index in [2.05, 4.69) is 34.4 Å². The molecule has 1 amide bonds. The fourth-order valence-electron chi connectivity index (χ4n) is 3.52. The van der Waals surface area contributed by atoms with E-state index < -0.39 is 0 Å². The lowest BCUT2D eigenvalue weighted by Crippen LogP contribution is -2.48. The van der Waals surface area contributed by atoms with Gasteiger partial charge in [0.25, 0.3) is 0 Å². The van der Waals surface area contributed by atoms with Gasteiger partial charge in [-0.1, -0.05) is 6.92 Å². The second-order valence-electron chi connectivity index (χ2n) is 6.86. The number of hydrogen-bond acceptors (Lipinski definition) is 3. The van der Waals surface area contributed by atoms with Gasteiger partial charge in [-0.05, 0) is 45.6 Å². The first-order valence-electron chi connectivity index (χ1n) is 9.78. The van der Waals surface area contributed by atoms with Crippen LogP contribution in [-0.4, -0.2) is 73.5 Å². The van der Waals surface area contributed by atoms with E-state index in [9.17, 15) is 4.79 Å². The molecule has 0 aromatic heterocycles. The van der Waals surface area contributed by atoms with E-state index in [1.807, 2.05) is 4.90 Å². The van der Waals surface area contributed by atoms with E-state index in [0.29, 0.717) is 19.0 Å². The van der Waals surface area contributed by atoms with Crippen LogP contribution in [0.3, 0.4) is 0 Å². The molecule has 0 aromatic rings. The van der Waals surface area contributed by atoms with Crippen molar-refractivity contribution >= 4 is 35.8 Å². The Bertz CT molecular complexity index is 404. The summed E-state index contributed by atoms with van der Waals surface area (Å²) in [4.78, 5) is 21.2. The first-order chi connectivity index (χ1) is 11.7. The molecule has 2 aliphatic heterocycles. The fourth-order valence-corrected chi connectivity index (χ4v) is 3.52. The minimum absolute atomic E-state index is 0. The van der Waals surface area contributed by atoms with E-state index >= 15 is 0 Å². The van der Waals surface area contributed by atoms with Crippen LogP contribution in [0.15, 0.2) is 4.99 Å². The Labute approximate surface area is 170 Å². The lowest BCUT2D eigenvalue weighted by molar-refractivity contribution is -0.129. The minimum atomic E-state index is 0. The molecule has 2 saturated heterocycles. The van der Waals surface area contributed by atoms with Crippen LogP contribution in [0, 0.1) is 0 Å². The van der Waals surface area contributed by atoms with Crippen LogP contribution < -0.4 is 10.6 Å². The number of amides is 1. The van der Waals surface area contributed by atoms with Crippen LogP contribution >= 0.6 is 24.0 Å². The van der Waals surface area contributed by atoms with Crippen LogP contribution in [0.1, 0.15) is 52.4 Å². The maximum absolute atomic E-state index is 12.1. The Kier molecular flexibility index (Phi) is 11.4. The van der Waals surface area contributed by atoms with Gasteiger partial charge in [0.1, 0.15) is 0 Å². The third-order valence-corrected chi connectivity index (χ3v) is 4.87. The first-order valence-corrected chi connectivity index (χ1v) is 9.78. The quantitative estimate of drug-likeness (QED) is 0.343. The summed E-state index contributed by atoms with van der Waals surface area (Å²) < 4.78 is 0. The Hall–Kier alpha value is -0.570. The molecule has 6 nitrogen and oxygen atoms in total. The fraction of sp³-hybridized carbons (Fsp3) is 0.889. The summed E-state index contributed by atoms with van der Waals surface area (Å²) in [5, 5.41) is 6.86. The molecule has 0 spiro atoms. The summed E-state index contributed by atoms with van der Waals surface area (Å²) in [6, 6.07) is 0.491. The van der Waals surface area contributed by atoms with Crippen LogP contribution in [0.5, 0.6) is 0 Å². The number of halogens is 1. The van der Waals surface area contributed by atoms with Gasteiger partial charge < -0.3 is 20.4 Å². The van der Waals surface area contributed by atoms with E-state index in [-0.39, 0.29) is 29.9 Å². The molecule has 146 valence electrons. The number of guanidine groups is 1. The van der Waals surface area contributed by atoms with Gasteiger partial charge in [-0.3, -0.25) is 9.79 Å². The van der Waals surface area contributed by atoms with Crippen molar-refractivity contribution < 1.29 is 4.79 Å². The molecule has 2 N–H and O–H groups in total. The normalized spacial score (nSPS) is 19.6. The van der Waals surface area contributed by atoms with Gasteiger partial charge in [-0.2, -0.15) is 0 Å². The Morgan fingerprint density at radius 2 is 1.80 bits per heavy atom. The van der Waals surface area contributed by atoms with Crippen molar-refractivity contribution in [1.29, 1.82) is 0 Å². The molecule has 2 aliphatic rings. The Morgan fingerprint density at radius 3 is 2.40 bits per heavy atom. The topological polar surface area (TPSA) is 60.0 Å². The molecule has 7 heteroatoms. The molecule has 2 fully saturated rings. The monoisotopic (exact) mass is 465 g/mol. The number of rotatable bonds is 7. The minimum Gasteiger partial charge on any atom is -0.357 e. The summed E-state index contributed by atoms with van der Waals surface area (Å²) in [5.41, 5.74) is 0. The highest BCUT2D eigenvalue weighted by Crippen LogP contribution is 2.11. The summed E-state index contributed by atoms with van der Waals surface area (Å²) >= 11 is 0. The standard InChI is InChI=1S/C18H35N5O.HI/c1-3-11-22-14-8-16(9-15-22)21-18(19-4-2)20-10-7-17(24)23-12-5-6-13-23;/h16H,3-15H2,1-2H3,(H2,19,20,21);1H. The second kappa shape index (κ2) is 12.7. The third-order valence-electron chi connectivity index (χ3n) is 4.87. The number of likely N-dealkylation sites (tertiary alicyclic amines) is 2. The predicted octanol–water partition coefficient (Wildman–Crippen LogP) is 2.05. The summed E-state index contributed by atoms with van der Waals surface area (Å²) in [7, 11) is 0. The van der Waals surface area contributed by atoms with Gasteiger partial charge in [-0.15, -0.1) is 24.0 Å². The summed E-state index contributed by atoms with van der Waals surface area (Å²) in [6.45, 7) is 11.1. The lowest BCUT2D eigenvalue weighted by Gasteiger charge is -2.32. The molecule has 0 saturated carbocycles. The van der Waals surface area contributed by atoms with Crippen molar-refractivity contribution in [3.63, 3.8) is 0 Å². The SMILES string of the molecule is CCCN1CCC(NC(=NCCC(=O)N2CCCC2)NCC)CC1.I. The predicted molar refractivity (Wildman–Crippen MR) is 115 cm³/mol. The molecular weight excluding hydrogens is 429 g/mol. The van der Waals surface area contributed by atoms with Crippen molar-refractivity contribution in [2.24, 2.45) is 4.99 Å². The van der Waals surface area contributed by atoms with Crippen molar-refractivity contribution in [2.45, 2.75) is 58.4 Å². The van der Waals surface area contributed by atoms with E-state index in [0.717, 1.165) is 51.3 Å². The number of piperidine rings is 1. The van der Waals surface area contributed by atoms with Gasteiger partial charge in [0.2, 0.25) is 5.91 Å². The molecular formula is C18H36IN5O. The van der Waals surface area contributed by atoms with Crippen molar-refractivity contribution in [3.05, 3.63) is 0 Å². The number of carbonyl (C=O) groups is 1. The second-order valence-corrected chi connectivity index (χ2v) is 6.86. The van der Waals surface area contributed by atoms with Gasteiger partial charge in [-0.25, -0.2) is 0 Å². The molecule has 25 heavy (non-hydrogen) atoms. The molecule has 0 unspecified atom stereocenters. The largest absolute Gasteiger partial charge is 0.357 e. The number of nitrogens with one attached hydrogen (secondary N) is 2. The molecule has 0 radical (unpaired) electrons. The highest BCUT2D eigenvalue weighted by Gasteiger charge is 2.20. The third kappa shape index (κ3) is 8.11. The molecule has 0 atom stereocenters. The highest BCUT2D eigenvalue weighted by molar-refractivity contribution is 14.0. The Balaban J connectivity index is 0.00000312. The van der Waals surface area contributed by atoms with Gasteiger partial charge in [0, 0.05) is 45.2 Å². The van der Waals surface area contributed by atoms with E-state index in [4.69, 9.17) is 0 Å². The number of carbonyl (C=O) groups excluding carboxylic acids is 1. The maximum Gasteiger partial charge on any atom is 0.224 e. The molecule has 2 rings (SSSR count). The van der Waals surface area contributed by atoms with Crippen molar-refractivity contribution in [3.8, 4) is 0 Å². The van der Waals surface area contributed by atoms with Crippen LogP contribution in [0.4, 0.5) is 0 Å². The summed E-state index contributed by atoms with van der Waals surface area (Å²) in [5.74, 6) is 1.11. The van der Waals surface area contributed by atoms with Gasteiger partial charge in [0.05, 0.1) is 6.54 Å². The van der Waals surface area contributed by atoms with E-state index in [1.54, 1.807) is 0 Å². The molecule has 0 bridgehead atoms. The number of hydrogen-bond donors (Lipinski definition) is 2. The maximum atomic E-state index is 12.1. The van der Waals surface area contributed by atoms with Gasteiger partial charge >= 0.3 is 0 Å². The highest BCUT2D eigenvalue weighted by atomic mass is 127. The first kappa shape index (κ1) is 22.5. The van der Waals surface area contributed by atoms with Crippen LogP contribution in [0.2, 0.25) is 0 Å². The molecule has 2 heterocycles. The number of nitrogens with zero attached hydrogens (tertiary/aromatic N) is 3. The molecule has 0 aromatic carbocycles. The van der Waals surface area contributed by atoms with E-state index in [1.165, 1.54) is 26.1 Å². The zero-order valence-corrected chi connectivity index (χ0v) is 18.3. The van der Waals surface area contributed by atoms with Crippen LogP contribution in [0.25, 0.3) is 0 Å². The number of aliphatic imine (C=N–C) groups is 1. The Morgan fingerprint density at radius 1 is 1.12 bits per heavy atom. The summed E-state index contributed by atoms with van der Waals surface area (Å²) in [6.07, 6.45) is 6.37.